The number of fused-ring (bicyclic) bond motifs is 2. The molecule has 2 aliphatic rings. The van der Waals surface area contributed by atoms with Crippen LogP contribution in [0.25, 0.3) is 0 Å². The van der Waals surface area contributed by atoms with Crippen LogP contribution in [0.15, 0.2) is 22.8 Å². The van der Waals surface area contributed by atoms with Gasteiger partial charge >= 0.3 is 0 Å². The summed E-state index contributed by atoms with van der Waals surface area (Å²) in [6, 6.07) is 6.74. The topological polar surface area (TPSA) is 24.9 Å². The predicted octanol–water partition coefficient (Wildman–Crippen LogP) is 4.15. The molecule has 2 fully saturated rings. The Balaban J connectivity index is 1.73. The van der Waals surface area contributed by atoms with Gasteiger partial charge in [0.25, 0.3) is 0 Å². The van der Waals surface area contributed by atoms with Gasteiger partial charge in [-0.25, -0.2) is 4.98 Å². The highest BCUT2D eigenvalue weighted by molar-refractivity contribution is 9.10. The lowest BCUT2D eigenvalue weighted by Crippen LogP contribution is -2.50. The van der Waals surface area contributed by atoms with Crippen molar-refractivity contribution in [3.05, 3.63) is 28.5 Å². The molecule has 2 nitrogen and oxygen atoms in total. The average molecular weight is 323 g/mol. The molecule has 0 amide bonds. The molecule has 104 valence electrons. The number of hydrogen-bond acceptors (Lipinski definition) is 2. The summed E-state index contributed by atoms with van der Waals surface area (Å²) >= 11 is 3.44. The SMILES string of the molecule is CC12CCC(C1)C(C)(C)C2NCc1cccc(Br)n1. The fourth-order valence-corrected chi connectivity index (χ4v) is 4.95. The van der Waals surface area contributed by atoms with E-state index in [2.05, 4.69) is 59.1 Å². The lowest BCUT2D eigenvalue weighted by Gasteiger charge is -2.43. The van der Waals surface area contributed by atoms with Gasteiger partial charge < -0.3 is 5.32 Å². The Morgan fingerprint density at radius 2 is 2.16 bits per heavy atom. The van der Waals surface area contributed by atoms with Gasteiger partial charge in [-0.2, -0.15) is 0 Å². The summed E-state index contributed by atoms with van der Waals surface area (Å²) in [5.74, 6) is 0.894. The zero-order valence-corrected chi connectivity index (χ0v) is 13.6. The van der Waals surface area contributed by atoms with Gasteiger partial charge in [-0.05, 0) is 64.1 Å². The lowest BCUT2D eigenvalue weighted by molar-refractivity contribution is 0.107. The summed E-state index contributed by atoms with van der Waals surface area (Å²) in [7, 11) is 0. The quantitative estimate of drug-likeness (QED) is 0.845. The van der Waals surface area contributed by atoms with E-state index in [0.29, 0.717) is 16.9 Å². The first-order valence-corrected chi connectivity index (χ1v) is 8.06. The molecule has 1 aromatic heterocycles. The first-order valence-electron chi connectivity index (χ1n) is 7.27. The van der Waals surface area contributed by atoms with Crippen LogP contribution in [-0.2, 0) is 6.54 Å². The number of nitrogens with zero attached hydrogens (tertiary/aromatic N) is 1. The molecule has 0 spiro atoms. The van der Waals surface area contributed by atoms with E-state index < -0.39 is 0 Å². The number of halogens is 1. The van der Waals surface area contributed by atoms with Crippen molar-refractivity contribution >= 4 is 15.9 Å². The number of rotatable bonds is 3. The fourth-order valence-electron chi connectivity index (χ4n) is 4.57. The van der Waals surface area contributed by atoms with Crippen LogP contribution >= 0.6 is 15.9 Å². The molecule has 1 aromatic rings. The minimum absolute atomic E-state index is 0.416. The Bertz CT molecular complexity index is 481. The Morgan fingerprint density at radius 3 is 2.79 bits per heavy atom. The monoisotopic (exact) mass is 322 g/mol. The van der Waals surface area contributed by atoms with Crippen LogP contribution in [0.2, 0.25) is 0 Å². The van der Waals surface area contributed by atoms with Crippen molar-refractivity contribution in [2.45, 2.75) is 52.6 Å². The van der Waals surface area contributed by atoms with Crippen molar-refractivity contribution < 1.29 is 0 Å². The number of pyridine rings is 1. The van der Waals surface area contributed by atoms with E-state index in [1.54, 1.807) is 0 Å². The van der Waals surface area contributed by atoms with E-state index in [-0.39, 0.29) is 0 Å². The van der Waals surface area contributed by atoms with Gasteiger partial charge in [-0.1, -0.05) is 26.8 Å². The van der Waals surface area contributed by atoms with E-state index in [9.17, 15) is 0 Å². The molecule has 1 heterocycles. The van der Waals surface area contributed by atoms with Crippen LogP contribution in [0.1, 0.15) is 45.7 Å². The van der Waals surface area contributed by atoms with E-state index in [0.717, 1.165) is 22.8 Å². The summed E-state index contributed by atoms with van der Waals surface area (Å²) in [5, 5.41) is 3.80. The molecule has 2 bridgehead atoms. The zero-order chi connectivity index (χ0) is 13.7. The molecular weight excluding hydrogens is 300 g/mol. The van der Waals surface area contributed by atoms with Gasteiger partial charge in [0.1, 0.15) is 4.60 Å². The highest BCUT2D eigenvalue weighted by Crippen LogP contribution is 2.62. The molecule has 1 N–H and O–H groups in total. The van der Waals surface area contributed by atoms with Crippen molar-refractivity contribution in [3.8, 4) is 0 Å². The Labute approximate surface area is 124 Å². The summed E-state index contributed by atoms with van der Waals surface area (Å²) in [5.41, 5.74) is 2.02. The highest BCUT2D eigenvalue weighted by atomic mass is 79.9. The molecule has 0 saturated heterocycles. The Hall–Kier alpha value is -0.410. The van der Waals surface area contributed by atoms with Gasteiger partial charge in [-0.3, -0.25) is 0 Å². The van der Waals surface area contributed by atoms with Crippen molar-refractivity contribution in [2.75, 3.05) is 0 Å². The van der Waals surface area contributed by atoms with Crippen LogP contribution in [0, 0.1) is 16.7 Å². The van der Waals surface area contributed by atoms with Crippen LogP contribution in [-0.4, -0.2) is 11.0 Å². The van der Waals surface area contributed by atoms with Crippen molar-refractivity contribution in [3.63, 3.8) is 0 Å². The van der Waals surface area contributed by atoms with Gasteiger partial charge in [-0.15, -0.1) is 0 Å². The first kappa shape index (κ1) is 13.6. The average Bonchev–Trinajstić information content (AvgIpc) is 2.80. The summed E-state index contributed by atoms with van der Waals surface area (Å²) in [4.78, 5) is 4.52. The summed E-state index contributed by atoms with van der Waals surface area (Å²) < 4.78 is 0.921. The molecule has 3 atom stereocenters. The zero-order valence-electron chi connectivity index (χ0n) is 12.0. The molecule has 0 aromatic carbocycles. The molecule has 19 heavy (non-hydrogen) atoms. The number of hydrogen-bond donors (Lipinski definition) is 1. The van der Waals surface area contributed by atoms with E-state index in [4.69, 9.17) is 0 Å². The van der Waals surface area contributed by atoms with Crippen molar-refractivity contribution in [2.24, 2.45) is 16.7 Å². The van der Waals surface area contributed by atoms with Crippen LogP contribution in [0.3, 0.4) is 0 Å². The maximum atomic E-state index is 4.52. The third-order valence-electron chi connectivity index (χ3n) is 5.53. The number of aromatic nitrogens is 1. The Morgan fingerprint density at radius 1 is 1.37 bits per heavy atom. The van der Waals surface area contributed by atoms with E-state index in [1.807, 2.05) is 6.07 Å². The molecule has 3 rings (SSSR count). The lowest BCUT2D eigenvalue weighted by atomic mass is 9.68. The minimum atomic E-state index is 0.416. The third kappa shape index (κ3) is 2.25. The molecule has 2 saturated carbocycles. The van der Waals surface area contributed by atoms with Crippen molar-refractivity contribution in [1.29, 1.82) is 0 Å². The summed E-state index contributed by atoms with van der Waals surface area (Å²) in [6.07, 6.45) is 4.19. The molecule has 0 aliphatic heterocycles. The second-order valence-electron chi connectivity index (χ2n) is 7.18. The summed E-state index contributed by atoms with van der Waals surface area (Å²) in [6.45, 7) is 8.21. The van der Waals surface area contributed by atoms with Crippen LogP contribution in [0.5, 0.6) is 0 Å². The maximum Gasteiger partial charge on any atom is 0.106 e. The van der Waals surface area contributed by atoms with Crippen molar-refractivity contribution in [1.82, 2.24) is 10.3 Å². The third-order valence-corrected chi connectivity index (χ3v) is 5.97. The van der Waals surface area contributed by atoms with Gasteiger partial charge in [0.05, 0.1) is 5.69 Å². The number of nitrogens with one attached hydrogen (secondary N) is 1. The highest BCUT2D eigenvalue weighted by Gasteiger charge is 2.58. The normalized spacial score (nSPS) is 35.8. The van der Waals surface area contributed by atoms with Gasteiger partial charge in [0.2, 0.25) is 0 Å². The second kappa shape index (κ2) is 4.56. The molecular formula is C16H23BrN2. The minimum Gasteiger partial charge on any atom is -0.307 e. The smallest absolute Gasteiger partial charge is 0.106 e. The van der Waals surface area contributed by atoms with E-state index in [1.165, 1.54) is 19.3 Å². The van der Waals surface area contributed by atoms with Crippen LogP contribution in [0.4, 0.5) is 0 Å². The van der Waals surface area contributed by atoms with E-state index >= 15 is 0 Å². The first-order chi connectivity index (χ1) is 8.92. The maximum absolute atomic E-state index is 4.52. The van der Waals surface area contributed by atoms with Gasteiger partial charge in [0, 0.05) is 12.6 Å². The molecule has 2 aliphatic carbocycles. The second-order valence-corrected chi connectivity index (χ2v) is 7.99. The molecule has 3 heteroatoms. The largest absolute Gasteiger partial charge is 0.307 e. The standard InChI is InChI=1S/C16H23BrN2/c1-15(2)11-7-8-16(3,9-11)14(15)18-10-12-5-4-6-13(17)19-12/h4-6,11,14,18H,7-10H2,1-3H3. The van der Waals surface area contributed by atoms with Crippen LogP contribution < -0.4 is 5.32 Å². The molecule has 3 unspecified atom stereocenters. The van der Waals surface area contributed by atoms with Gasteiger partial charge in [0.15, 0.2) is 0 Å². The molecule has 0 radical (unpaired) electrons. The predicted molar refractivity (Wildman–Crippen MR) is 81.8 cm³/mol. The Kier molecular flexibility index (Phi) is 3.25. The fraction of sp³-hybridized carbons (Fsp3) is 0.688.